The molecule has 1 aliphatic rings. The Morgan fingerprint density at radius 3 is 2.00 bits per heavy atom. The second kappa shape index (κ2) is 7.33. The Morgan fingerprint density at radius 2 is 1.61 bits per heavy atom. The summed E-state index contributed by atoms with van der Waals surface area (Å²) in [6.45, 7) is 2.30. The number of benzene rings is 1. The fraction of sp³-hybridized carbons (Fsp3) is 0.500. The first-order chi connectivity index (χ1) is 8.42. The van der Waals surface area contributed by atoms with Crippen molar-refractivity contribution >= 4 is 10.9 Å². The maximum atomic E-state index is 8.49. The zero-order valence-corrected chi connectivity index (χ0v) is 11.8. The summed E-state index contributed by atoms with van der Waals surface area (Å²) >= 11 is 0. The molecule has 0 amide bonds. The molecule has 1 aromatic carbocycles. The molecule has 0 aliphatic heterocycles. The van der Waals surface area contributed by atoms with E-state index in [-0.39, 0.29) is 0 Å². The van der Waals surface area contributed by atoms with Crippen LogP contribution in [0.25, 0.3) is 0 Å². The molecule has 0 bridgehead atoms. The molecule has 1 aliphatic carbocycles. The third-order valence-corrected chi connectivity index (χ3v) is 5.40. The fourth-order valence-electron chi connectivity index (χ4n) is 1.64. The van der Waals surface area contributed by atoms with E-state index in [4.69, 9.17) is 18.6 Å². The lowest BCUT2D eigenvalue weighted by Gasteiger charge is -2.17. The summed E-state index contributed by atoms with van der Waals surface area (Å²) in [4.78, 5) is 1.59. The molecule has 0 aromatic heterocycles. The summed E-state index contributed by atoms with van der Waals surface area (Å²) in [5, 5.41) is 1.03. The monoisotopic (exact) mass is 292 g/mol. The van der Waals surface area contributed by atoms with Gasteiger partial charge >= 0.3 is 0 Å². The van der Waals surface area contributed by atoms with Crippen LogP contribution in [0.2, 0.25) is 0 Å². The van der Waals surface area contributed by atoms with Gasteiger partial charge in [-0.15, -0.1) is 10.2 Å². The van der Waals surface area contributed by atoms with E-state index in [0.717, 1.165) is 5.25 Å². The van der Waals surface area contributed by atoms with Gasteiger partial charge in [0.05, 0.1) is 0 Å². The lowest BCUT2D eigenvalue weighted by molar-refractivity contribution is -2.00. The molecule has 102 valence electrons. The molecule has 0 radical (unpaired) electrons. The lowest BCUT2D eigenvalue weighted by atomic mass is 10.4. The van der Waals surface area contributed by atoms with Crippen molar-refractivity contribution in [1.82, 2.24) is 0 Å². The first-order valence-corrected chi connectivity index (χ1v) is 8.47. The number of halogens is 1. The van der Waals surface area contributed by atoms with Crippen LogP contribution < -0.4 is 18.6 Å². The summed E-state index contributed by atoms with van der Waals surface area (Å²) in [6, 6.07) is 11.1. The zero-order chi connectivity index (χ0) is 13.6. The SMILES string of the molecule is CCC[S+](c1ccccc1)C1CC1.[O-][Cl+3]([O-])([O-])[O-]. The van der Waals surface area contributed by atoms with Crippen molar-refractivity contribution in [2.24, 2.45) is 0 Å². The zero-order valence-electron chi connectivity index (χ0n) is 10.2. The Labute approximate surface area is 112 Å². The molecular weight excluding hydrogens is 276 g/mol. The molecule has 1 atom stereocenters. The number of rotatable bonds is 4. The predicted octanol–water partition coefficient (Wildman–Crippen LogP) is -1.52. The normalized spacial score (nSPS) is 16.7. The predicted molar refractivity (Wildman–Crippen MR) is 60.3 cm³/mol. The topological polar surface area (TPSA) is 92.2 Å². The molecule has 0 N–H and O–H groups in total. The highest BCUT2D eigenvalue weighted by molar-refractivity contribution is 7.97. The van der Waals surface area contributed by atoms with Gasteiger partial charge in [-0.2, -0.15) is 0 Å². The van der Waals surface area contributed by atoms with E-state index >= 15 is 0 Å². The van der Waals surface area contributed by atoms with Crippen LogP contribution in [-0.2, 0) is 10.9 Å². The quantitative estimate of drug-likeness (QED) is 0.630. The summed E-state index contributed by atoms with van der Waals surface area (Å²) < 4.78 is 34.0. The van der Waals surface area contributed by atoms with Crippen LogP contribution in [-0.4, -0.2) is 11.0 Å². The largest absolute Gasteiger partial charge is 0.222 e. The van der Waals surface area contributed by atoms with E-state index in [1.165, 1.54) is 25.0 Å². The lowest BCUT2D eigenvalue weighted by Crippen LogP contribution is -2.68. The molecule has 18 heavy (non-hydrogen) atoms. The second-order valence-electron chi connectivity index (χ2n) is 4.02. The van der Waals surface area contributed by atoms with Crippen molar-refractivity contribution in [3.05, 3.63) is 30.3 Å². The van der Waals surface area contributed by atoms with Gasteiger partial charge in [-0.3, -0.25) is 0 Å². The average Bonchev–Trinajstić information content (AvgIpc) is 3.09. The van der Waals surface area contributed by atoms with Crippen LogP contribution in [0.4, 0.5) is 0 Å². The summed E-state index contributed by atoms with van der Waals surface area (Å²) in [5.74, 6) is 1.40. The molecule has 1 unspecified atom stereocenters. The summed E-state index contributed by atoms with van der Waals surface area (Å²) in [6.07, 6.45) is 4.27. The second-order valence-corrected chi connectivity index (χ2v) is 7.18. The minimum atomic E-state index is -4.94. The summed E-state index contributed by atoms with van der Waals surface area (Å²) in [7, 11) is -4.37. The van der Waals surface area contributed by atoms with Crippen LogP contribution in [0.15, 0.2) is 35.2 Å². The van der Waals surface area contributed by atoms with Crippen LogP contribution in [0.3, 0.4) is 0 Å². The molecule has 1 fully saturated rings. The van der Waals surface area contributed by atoms with Gasteiger partial charge in [0, 0.05) is 23.7 Å². The maximum absolute atomic E-state index is 8.49. The Kier molecular flexibility index (Phi) is 6.42. The number of hydrogen-bond acceptors (Lipinski definition) is 4. The van der Waals surface area contributed by atoms with Gasteiger partial charge in [-0.05, 0) is 18.6 Å². The molecule has 4 nitrogen and oxygen atoms in total. The van der Waals surface area contributed by atoms with Crippen molar-refractivity contribution in [2.45, 2.75) is 36.3 Å². The Bertz CT molecular complexity index is 332. The van der Waals surface area contributed by atoms with Gasteiger partial charge in [0.15, 0.2) is 4.90 Å². The molecule has 0 heterocycles. The molecule has 1 aromatic rings. The van der Waals surface area contributed by atoms with E-state index in [2.05, 4.69) is 37.3 Å². The van der Waals surface area contributed by atoms with E-state index < -0.39 is 10.2 Å². The van der Waals surface area contributed by atoms with Crippen LogP contribution in [0, 0.1) is 10.2 Å². The van der Waals surface area contributed by atoms with Crippen LogP contribution in [0.1, 0.15) is 26.2 Å². The summed E-state index contributed by atoms with van der Waals surface area (Å²) in [5.41, 5.74) is 0. The van der Waals surface area contributed by atoms with Gasteiger partial charge in [-0.25, -0.2) is 18.6 Å². The van der Waals surface area contributed by atoms with Crippen molar-refractivity contribution in [1.29, 1.82) is 0 Å². The van der Waals surface area contributed by atoms with Crippen molar-refractivity contribution in [3.63, 3.8) is 0 Å². The Balaban J connectivity index is 0.000000280. The van der Waals surface area contributed by atoms with E-state index in [0.29, 0.717) is 10.9 Å². The standard InChI is InChI=1S/C12H17S.ClHO4/c1-2-10-13(12-8-9-12)11-6-4-3-5-7-11;2-1(3,4)5/h3-7,12H,2,8-10H2,1H3;(H,2,3,4,5)/q+1;/p-1. The van der Waals surface area contributed by atoms with Crippen molar-refractivity contribution < 1.29 is 28.9 Å². The smallest absolute Gasteiger partial charge is 0.155 e. The molecular formula is C12H17ClO4S. The Morgan fingerprint density at radius 1 is 1.11 bits per heavy atom. The van der Waals surface area contributed by atoms with Gasteiger partial charge in [0.1, 0.15) is 11.0 Å². The van der Waals surface area contributed by atoms with Gasteiger partial charge in [-0.1, -0.05) is 25.1 Å². The third-order valence-electron chi connectivity index (χ3n) is 2.40. The van der Waals surface area contributed by atoms with E-state index in [1.807, 2.05) is 0 Å². The maximum Gasteiger partial charge on any atom is 0.155 e. The van der Waals surface area contributed by atoms with Crippen molar-refractivity contribution in [3.8, 4) is 0 Å². The van der Waals surface area contributed by atoms with Crippen molar-refractivity contribution in [2.75, 3.05) is 5.75 Å². The average molecular weight is 293 g/mol. The van der Waals surface area contributed by atoms with Gasteiger partial charge in [0.2, 0.25) is 0 Å². The van der Waals surface area contributed by atoms with Crippen LogP contribution >= 0.6 is 0 Å². The molecule has 0 saturated heterocycles. The molecule has 6 heteroatoms. The van der Waals surface area contributed by atoms with E-state index in [1.54, 1.807) is 4.90 Å². The minimum absolute atomic E-state index is 0.572. The highest BCUT2D eigenvalue weighted by Gasteiger charge is 2.40. The fourth-order valence-corrected chi connectivity index (χ4v) is 4.25. The molecule has 2 rings (SSSR count). The van der Waals surface area contributed by atoms with Crippen LogP contribution in [0.5, 0.6) is 0 Å². The van der Waals surface area contributed by atoms with E-state index in [9.17, 15) is 0 Å². The first kappa shape index (κ1) is 15.8. The Hall–Kier alpha value is -0.300. The molecule has 0 spiro atoms. The third kappa shape index (κ3) is 7.20. The number of hydrogen-bond donors (Lipinski definition) is 0. The van der Waals surface area contributed by atoms with Gasteiger partial charge < -0.3 is 0 Å². The highest BCUT2D eigenvalue weighted by Crippen LogP contribution is 2.35. The highest BCUT2D eigenvalue weighted by atomic mass is 35.7. The minimum Gasteiger partial charge on any atom is -0.222 e. The van der Waals surface area contributed by atoms with Gasteiger partial charge in [0.25, 0.3) is 0 Å². The first-order valence-electron chi connectivity index (χ1n) is 5.78. The molecule has 1 saturated carbocycles.